The number of fused-ring (bicyclic) bond motifs is 3. The Morgan fingerprint density at radius 3 is 2.39 bits per heavy atom. The van der Waals surface area contributed by atoms with Crippen LogP contribution in [0.4, 0.5) is 0 Å². The molecule has 0 amide bonds. The lowest BCUT2D eigenvalue weighted by atomic mass is 9.96. The molecule has 3 aromatic heterocycles. The van der Waals surface area contributed by atoms with Crippen LogP contribution in [0.1, 0.15) is 16.7 Å². The van der Waals surface area contributed by atoms with E-state index in [2.05, 4.69) is 66.1 Å². The average molecular weight is 467 g/mol. The zero-order valence-corrected chi connectivity index (χ0v) is 20.4. The predicted molar refractivity (Wildman–Crippen MR) is 143 cm³/mol. The Morgan fingerprint density at radius 2 is 1.64 bits per heavy atom. The SMILES string of the molecule is Cc1cc(-c2ccccc2)ccc1-c1ccc2c(n1)oc1c(-c3cccc[n+]3C)c(C)cc(C#N)c12. The number of furan rings is 1. The van der Waals surface area contributed by atoms with E-state index in [0.717, 1.165) is 44.4 Å². The van der Waals surface area contributed by atoms with Gasteiger partial charge in [-0.15, -0.1) is 0 Å². The molecule has 0 radical (unpaired) electrons. The molecule has 0 N–H and O–H groups in total. The van der Waals surface area contributed by atoms with Gasteiger partial charge in [0.25, 0.3) is 0 Å². The van der Waals surface area contributed by atoms with Crippen LogP contribution >= 0.6 is 0 Å². The molecule has 3 aromatic carbocycles. The molecule has 0 unspecified atom stereocenters. The number of aryl methyl sites for hydroxylation is 3. The minimum Gasteiger partial charge on any atom is -0.437 e. The van der Waals surface area contributed by atoms with E-state index in [1.807, 2.05) is 56.6 Å². The number of pyridine rings is 2. The summed E-state index contributed by atoms with van der Waals surface area (Å²) in [7, 11) is 2.01. The molecule has 0 saturated heterocycles. The number of benzene rings is 3. The third-order valence-electron chi connectivity index (χ3n) is 6.85. The third-order valence-corrected chi connectivity index (χ3v) is 6.85. The maximum Gasteiger partial charge on any atom is 0.227 e. The molecule has 36 heavy (non-hydrogen) atoms. The Morgan fingerprint density at radius 1 is 0.833 bits per heavy atom. The molecular weight excluding hydrogens is 442 g/mol. The highest BCUT2D eigenvalue weighted by atomic mass is 16.3. The van der Waals surface area contributed by atoms with Crippen molar-refractivity contribution in [1.29, 1.82) is 5.26 Å². The summed E-state index contributed by atoms with van der Waals surface area (Å²) in [5.74, 6) is 0. The highest BCUT2D eigenvalue weighted by molar-refractivity contribution is 6.12. The van der Waals surface area contributed by atoms with Crippen molar-refractivity contribution < 1.29 is 8.98 Å². The molecule has 6 aromatic rings. The molecule has 4 nitrogen and oxygen atoms in total. The van der Waals surface area contributed by atoms with Gasteiger partial charge in [0.1, 0.15) is 7.05 Å². The molecule has 0 saturated carbocycles. The summed E-state index contributed by atoms with van der Waals surface area (Å²) in [5.41, 5.74) is 10.2. The Labute approximate surface area is 209 Å². The second-order valence-electron chi connectivity index (χ2n) is 9.18. The first-order chi connectivity index (χ1) is 17.5. The average Bonchev–Trinajstić information content (AvgIpc) is 3.28. The lowest BCUT2D eigenvalue weighted by Gasteiger charge is -2.08. The van der Waals surface area contributed by atoms with Crippen LogP contribution in [0, 0.1) is 25.2 Å². The van der Waals surface area contributed by atoms with Gasteiger partial charge in [-0.1, -0.05) is 48.5 Å². The van der Waals surface area contributed by atoms with Gasteiger partial charge in [-0.25, -0.2) is 9.55 Å². The van der Waals surface area contributed by atoms with Crippen LogP contribution in [0.25, 0.3) is 55.7 Å². The number of nitrogens with zero attached hydrogens (tertiary/aromatic N) is 3. The summed E-state index contributed by atoms with van der Waals surface area (Å²) in [6.45, 7) is 4.13. The summed E-state index contributed by atoms with van der Waals surface area (Å²) < 4.78 is 8.50. The van der Waals surface area contributed by atoms with E-state index < -0.39 is 0 Å². The van der Waals surface area contributed by atoms with Gasteiger partial charge < -0.3 is 4.42 Å². The van der Waals surface area contributed by atoms with Gasteiger partial charge in [0.05, 0.1) is 22.9 Å². The first-order valence-electron chi connectivity index (χ1n) is 11.9. The zero-order valence-electron chi connectivity index (χ0n) is 20.4. The second kappa shape index (κ2) is 8.48. The predicted octanol–water partition coefficient (Wildman–Crippen LogP) is 7.30. The second-order valence-corrected chi connectivity index (χ2v) is 9.18. The third kappa shape index (κ3) is 3.45. The maximum absolute atomic E-state index is 9.93. The van der Waals surface area contributed by atoms with Crippen LogP contribution in [0.2, 0.25) is 0 Å². The lowest BCUT2D eigenvalue weighted by molar-refractivity contribution is -0.660. The minimum absolute atomic E-state index is 0.538. The van der Waals surface area contributed by atoms with Gasteiger partial charge >= 0.3 is 0 Å². The van der Waals surface area contributed by atoms with Gasteiger partial charge in [-0.05, 0) is 60.4 Å². The van der Waals surface area contributed by atoms with Crippen LogP contribution in [0.15, 0.2) is 95.5 Å². The molecule has 4 heteroatoms. The molecule has 0 spiro atoms. The number of rotatable bonds is 3. The topological polar surface area (TPSA) is 53.7 Å². The number of hydrogen-bond donors (Lipinski definition) is 0. The first-order valence-corrected chi connectivity index (χ1v) is 11.9. The molecule has 3 heterocycles. The molecule has 0 fully saturated rings. The fraction of sp³-hybridized carbons (Fsp3) is 0.0938. The Kier molecular flexibility index (Phi) is 5.13. The fourth-order valence-corrected chi connectivity index (χ4v) is 5.06. The van der Waals surface area contributed by atoms with E-state index in [0.29, 0.717) is 16.9 Å². The van der Waals surface area contributed by atoms with Crippen molar-refractivity contribution in [3.05, 3.63) is 108 Å². The van der Waals surface area contributed by atoms with Crippen LogP contribution < -0.4 is 4.57 Å². The lowest BCUT2D eigenvalue weighted by Crippen LogP contribution is -2.30. The van der Waals surface area contributed by atoms with Crippen molar-refractivity contribution in [2.75, 3.05) is 0 Å². The quantitative estimate of drug-likeness (QED) is 0.257. The van der Waals surface area contributed by atoms with Gasteiger partial charge in [-0.3, -0.25) is 0 Å². The molecule has 172 valence electrons. The highest BCUT2D eigenvalue weighted by Crippen LogP contribution is 2.39. The first kappa shape index (κ1) is 21.8. The molecule has 6 rings (SSSR count). The summed E-state index contributed by atoms with van der Waals surface area (Å²) in [4.78, 5) is 4.93. The largest absolute Gasteiger partial charge is 0.437 e. The number of nitriles is 1. The van der Waals surface area contributed by atoms with Gasteiger partial charge in [0.2, 0.25) is 11.4 Å². The van der Waals surface area contributed by atoms with Crippen molar-refractivity contribution in [2.45, 2.75) is 13.8 Å². The van der Waals surface area contributed by atoms with E-state index in [9.17, 15) is 5.26 Å². The van der Waals surface area contributed by atoms with E-state index in [1.165, 1.54) is 11.1 Å². The van der Waals surface area contributed by atoms with Gasteiger partial charge in [0.15, 0.2) is 11.8 Å². The number of aromatic nitrogens is 2. The Bertz CT molecular complexity index is 1820. The van der Waals surface area contributed by atoms with Crippen LogP contribution in [0.3, 0.4) is 0 Å². The fourth-order valence-electron chi connectivity index (χ4n) is 5.06. The van der Waals surface area contributed by atoms with E-state index in [4.69, 9.17) is 9.40 Å². The van der Waals surface area contributed by atoms with Crippen LogP contribution in [-0.4, -0.2) is 4.98 Å². The monoisotopic (exact) mass is 466 g/mol. The van der Waals surface area contributed by atoms with Crippen molar-refractivity contribution in [3.8, 4) is 39.7 Å². The van der Waals surface area contributed by atoms with Crippen molar-refractivity contribution in [1.82, 2.24) is 4.98 Å². The van der Waals surface area contributed by atoms with E-state index in [1.54, 1.807) is 0 Å². The van der Waals surface area contributed by atoms with Crippen LogP contribution in [0.5, 0.6) is 0 Å². The summed E-state index contributed by atoms with van der Waals surface area (Å²) in [6, 6.07) is 31.2. The molecule has 0 atom stereocenters. The van der Waals surface area contributed by atoms with Crippen molar-refractivity contribution >= 4 is 22.1 Å². The van der Waals surface area contributed by atoms with Crippen molar-refractivity contribution in [2.24, 2.45) is 7.05 Å². The Balaban J connectivity index is 1.55. The van der Waals surface area contributed by atoms with Gasteiger partial charge in [0, 0.05) is 28.5 Å². The molecule has 0 aliphatic heterocycles. The summed E-state index contributed by atoms with van der Waals surface area (Å²) >= 11 is 0. The highest BCUT2D eigenvalue weighted by Gasteiger charge is 2.23. The molecule has 0 bridgehead atoms. The zero-order chi connectivity index (χ0) is 24.8. The Hall–Kier alpha value is -4.75. The summed E-state index contributed by atoms with van der Waals surface area (Å²) in [6.07, 6.45) is 2.01. The van der Waals surface area contributed by atoms with Crippen LogP contribution in [-0.2, 0) is 7.05 Å². The molecular formula is C32H24N3O+. The van der Waals surface area contributed by atoms with Crippen molar-refractivity contribution in [3.63, 3.8) is 0 Å². The summed E-state index contributed by atoms with van der Waals surface area (Å²) in [5, 5.41) is 11.6. The standard InChI is InChI=1S/C32H24N3O/c1-20-17-23(22-9-5-4-6-10-22)12-13-25(20)27-15-14-26-30-24(19-33)18-21(2)29(31(30)36-32(26)34-27)28-11-7-8-16-35(28)3/h4-18H,1-3H3/q+1. The van der Waals surface area contributed by atoms with E-state index >= 15 is 0 Å². The van der Waals surface area contributed by atoms with E-state index in [-0.39, 0.29) is 0 Å². The normalized spacial score (nSPS) is 11.2. The minimum atomic E-state index is 0.538. The van der Waals surface area contributed by atoms with Gasteiger partial charge in [-0.2, -0.15) is 5.26 Å². The maximum atomic E-state index is 9.93. The molecule has 0 aliphatic carbocycles. The molecule has 0 aliphatic rings. The smallest absolute Gasteiger partial charge is 0.227 e. The number of hydrogen-bond acceptors (Lipinski definition) is 3.